The van der Waals surface area contributed by atoms with E-state index in [4.69, 9.17) is 0 Å². The van der Waals surface area contributed by atoms with Gasteiger partial charge in [0.1, 0.15) is 0 Å². The lowest BCUT2D eigenvalue weighted by atomic mass is 9.90. The van der Waals surface area contributed by atoms with Crippen molar-refractivity contribution in [3.05, 3.63) is 0 Å². The molecule has 2 fully saturated rings. The van der Waals surface area contributed by atoms with Crippen molar-refractivity contribution in [1.29, 1.82) is 0 Å². The normalized spacial score (nSPS) is 25.1. The topological polar surface area (TPSA) is 9.72 Å². The minimum atomic E-state index is 0.506. The van der Waals surface area contributed by atoms with Crippen molar-refractivity contribution in [3.8, 4) is 0 Å². The Morgan fingerprint density at radius 2 is 1.58 bits per heavy atom. The van der Waals surface area contributed by atoms with Crippen molar-refractivity contribution < 1.29 is 0 Å². The second kappa shape index (κ2) is 7.10. The molecule has 110 valence electrons. The number of nitrogens with zero attached hydrogens (tertiary/aromatic N) is 3. The Balaban J connectivity index is 1.99. The molecule has 0 radical (unpaired) electrons. The third kappa shape index (κ3) is 3.53. The van der Waals surface area contributed by atoms with Gasteiger partial charge < -0.3 is 9.71 Å². The molecule has 0 aromatic heterocycles. The fourth-order valence-electron chi connectivity index (χ4n) is 4.01. The lowest BCUT2D eigenvalue weighted by Gasteiger charge is -2.48. The van der Waals surface area contributed by atoms with Gasteiger partial charge in [0.25, 0.3) is 0 Å². The second-order valence-corrected chi connectivity index (χ2v) is 6.31. The highest BCUT2D eigenvalue weighted by molar-refractivity contribution is 6.29. The van der Waals surface area contributed by atoms with Crippen LogP contribution >= 0.6 is 0 Å². The van der Waals surface area contributed by atoms with E-state index in [1.54, 1.807) is 0 Å². The summed E-state index contributed by atoms with van der Waals surface area (Å²) in [4.78, 5) is 8.07. The fraction of sp³-hybridized carbons (Fsp3) is 1.00. The van der Waals surface area contributed by atoms with Gasteiger partial charge in [-0.3, -0.25) is 4.90 Å². The predicted octanol–water partition coefficient (Wildman–Crippen LogP) is 1.66. The molecule has 0 bridgehead atoms. The lowest BCUT2D eigenvalue weighted by Crippen LogP contribution is -2.60. The third-order valence-corrected chi connectivity index (χ3v) is 5.44. The molecule has 2 aliphatic rings. The largest absolute Gasteiger partial charge is 0.343 e. The molecule has 1 heterocycles. The van der Waals surface area contributed by atoms with Crippen LogP contribution < -0.4 is 0 Å². The number of hydrogen-bond acceptors (Lipinski definition) is 3. The first-order valence-electron chi connectivity index (χ1n) is 8.44. The summed E-state index contributed by atoms with van der Waals surface area (Å²) < 4.78 is 0. The van der Waals surface area contributed by atoms with E-state index >= 15 is 0 Å². The van der Waals surface area contributed by atoms with Gasteiger partial charge in [-0.15, -0.1) is 0 Å². The summed E-state index contributed by atoms with van der Waals surface area (Å²) in [6.07, 6.45) is 5.73. The van der Waals surface area contributed by atoms with Crippen molar-refractivity contribution in [3.63, 3.8) is 0 Å². The molecule has 0 spiro atoms. The molecule has 0 aromatic rings. The average molecular weight is 265 g/mol. The molecular formula is C15H32BN3. The van der Waals surface area contributed by atoms with Crippen LogP contribution in [0.2, 0.25) is 6.82 Å². The van der Waals surface area contributed by atoms with Crippen LogP contribution in [-0.4, -0.2) is 73.4 Å². The van der Waals surface area contributed by atoms with Crippen LogP contribution in [0, 0.1) is 0 Å². The SMILES string of the molecule is CBN1CCN(C2(CN(CC)CC)CCCC2)CC1. The van der Waals surface area contributed by atoms with Gasteiger partial charge in [-0.2, -0.15) is 0 Å². The lowest BCUT2D eigenvalue weighted by molar-refractivity contribution is 0.0288. The van der Waals surface area contributed by atoms with Crippen molar-refractivity contribution in [1.82, 2.24) is 14.6 Å². The molecule has 1 saturated carbocycles. The first kappa shape index (κ1) is 15.3. The summed E-state index contributed by atoms with van der Waals surface area (Å²) in [6.45, 7) is 15.7. The van der Waals surface area contributed by atoms with Crippen molar-refractivity contribution in [2.24, 2.45) is 0 Å². The molecule has 0 unspecified atom stereocenters. The Morgan fingerprint density at radius 3 is 2.05 bits per heavy atom. The highest BCUT2D eigenvalue weighted by Gasteiger charge is 2.41. The van der Waals surface area contributed by atoms with Crippen LogP contribution in [0.5, 0.6) is 0 Å². The second-order valence-electron chi connectivity index (χ2n) is 6.31. The van der Waals surface area contributed by atoms with Gasteiger partial charge in [-0.05, 0) is 39.0 Å². The Morgan fingerprint density at radius 1 is 1.00 bits per heavy atom. The molecule has 2 rings (SSSR count). The highest BCUT2D eigenvalue weighted by Crippen LogP contribution is 2.36. The zero-order valence-corrected chi connectivity index (χ0v) is 13.3. The van der Waals surface area contributed by atoms with Crippen LogP contribution in [-0.2, 0) is 0 Å². The molecule has 0 amide bonds. The number of hydrogen-bond donors (Lipinski definition) is 0. The maximum Gasteiger partial charge on any atom is 0.201 e. The van der Waals surface area contributed by atoms with Crippen molar-refractivity contribution in [2.75, 3.05) is 45.8 Å². The summed E-state index contributed by atoms with van der Waals surface area (Å²) in [5.41, 5.74) is 0.506. The maximum atomic E-state index is 2.84. The van der Waals surface area contributed by atoms with Crippen LogP contribution in [0.15, 0.2) is 0 Å². The van der Waals surface area contributed by atoms with Crippen LogP contribution in [0.25, 0.3) is 0 Å². The van der Waals surface area contributed by atoms with E-state index in [0.29, 0.717) is 5.54 Å². The summed E-state index contributed by atoms with van der Waals surface area (Å²) >= 11 is 0. The van der Waals surface area contributed by atoms with E-state index in [1.807, 2.05) is 0 Å². The predicted molar refractivity (Wildman–Crippen MR) is 85.1 cm³/mol. The minimum Gasteiger partial charge on any atom is -0.343 e. The first-order chi connectivity index (χ1) is 9.24. The van der Waals surface area contributed by atoms with Gasteiger partial charge in [0.2, 0.25) is 7.41 Å². The number of rotatable bonds is 6. The minimum absolute atomic E-state index is 0.506. The molecule has 0 atom stereocenters. The van der Waals surface area contributed by atoms with E-state index in [1.165, 1.54) is 78.9 Å². The molecule has 0 aromatic carbocycles. The zero-order chi connectivity index (χ0) is 13.7. The van der Waals surface area contributed by atoms with Crippen LogP contribution in [0.3, 0.4) is 0 Å². The van der Waals surface area contributed by atoms with E-state index < -0.39 is 0 Å². The Hall–Kier alpha value is -0.0551. The van der Waals surface area contributed by atoms with Crippen molar-refractivity contribution in [2.45, 2.75) is 51.9 Å². The van der Waals surface area contributed by atoms with Gasteiger partial charge in [-0.1, -0.05) is 33.5 Å². The molecule has 1 saturated heterocycles. The monoisotopic (exact) mass is 265 g/mol. The molecule has 1 aliphatic heterocycles. The van der Waals surface area contributed by atoms with Gasteiger partial charge >= 0.3 is 0 Å². The quantitative estimate of drug-likeness (QED) is 0.676. The third-order valence-electron chi connectivity index (χ3n) is 5.44. The van der Waals surface area contributed by atoms with Gasteiger partial charge in [0.15, 0.2) is 0 Å². The first-order valence-corrected chi connectivity index (χ1v) is 8.44. The molecule has 4 heteroatoms. The van der Waals surface area contributed by atoms with E-state index in [9.17, 15) is 0 Å². The summed E-state index contributed by atoms with van der Waals surface area (Å²) in [7, 11) is 1.22. The molecule has 1 aliphatic carbocycles. The van der Waals surface area contributed by atoms with Gasteiger partial charge in [-0.25, -0.2) is 0 Å². The summed E-state index contributed by atoms with van der Waals surface area (Å²) in [6, 6.07) is 0. The van der Waals surface area contributed by atoms with Gasteiger partial charge in [0, 0.05) is 25.2 Å². The van der Waals surface area contributed by atoms with E-state index in [-0.39, 0.29) is 0 Å². The molecule has 0 N–H and O–H groups in total. The standard InChI is InChI=1S/C15H32BN3/c1-4-17(5-2)14-15(8-6-7-9-15)18-10-12-19(16-3)13-11-18/h16H,4-14H2,1-3H3. The summed E-state index contributed by atoms with van der Waals surface area (Å²) in [5.74, 6) is 0. The fourth-order valence-corrected chi connectivity index (χ4v) is 4.01. The Labute approximate surface area is 120 Å². The Bertz CT molecular complexity index is 254. The van der Waals surface area contributed by atoms with E-state index in [2.05, 4.69) is 35.3 Å². The number of likely N-dealkylation sites (N-methyl/N-ethyl adjacent to an activating group) is 1. The zero-order valence-electron chi connectivity index (χ0n) is 13.3. The van der Waals surface area contributed by atoms with Crippen molar-refractivity contribution >= 4 is 7.41 Å². The van der Waals surface area contributed by atoms with Gasteiger partial charge in [0.05, 0.1) is 0 Å². The summed E-state index contributed by atoms with van der Waals surface area (Å²) in [5, 5.41) is 0. The molecule has 19 heavy (non-hydrogen) atoms. The smallest absolute Gasteiger partial charge is 0.201 e. The maximum absolute atomic E-state index is 2.84. The van der Waals surface area contributed by atoms with Crippen LogP contribution in [0.4, 0.5) is 0 Å². The van der Waals surface area contributed by atoms with Crippen LogP contribution in [0.1, 0.15) is 39.5 Å². The molecular weight excluding hydrogens is 233 g/mol. The molecule has 3 nitrogen and oxygen atoms in total. The number of piperazine rings is 1. The highest BCUT2D eigenvalue weighted by atomic mass is 15.3. The van der Waals surface area contributed by atoms with E-state index in [0.717, 1.165) is 0 Å². The average Bonchev–Trinajstić information content (AvgIpc) is 2.94. The Kier molecular flexibility index (Phi) is 5.73.